The van der Waals surface area contributed by atoms with Crippen LogP contribution in [-0.4, -0.2) is 18.8 Å². The van der Waals surface area contributed by atoms with Crippen molar-refractivity contribution in [2.45, 2.75) is 32.0 Å². The van der Waals surface area contributed by atoms with Crippen LogP contribution in [0.5, 0.6) is 0 Å². The van der Waals surface area contributed by atoms with Crippen LogP contribution in [0.25, 0.3) is 11.1 Å². The number of rotatable bonds is 6. The molecule has 1 nitrogen and oxygen atoms in total. The highest BCUT2D eigenvalue weighted by Gasteiger charge is 2.63. The third-order valence-electron chi connectivity index (χ3n) is 4.30. The zero-order chi connectivity index (χ0) is 24.8. The van der Waals surface area contributed by atoms with E-state index >= 15 is 0 Å². The van der Waals surface area contributed by atoms with Gasteiger partial charge in [-0.25, -0.2) is 35.1 Å². The van der Waals surface area contributed by atoms with Crippen LogP contribution in [0.1, 0.15) is 19.8 Å². The van der Waals surface area contributed by atoms with E-state index in [0.717, 1.165) is 0 Å². The van der Waals surface area contributed by atoms with Gasteiger partial charge in [-0.15, -0.1) is 0 Å². The lowest BCUT2D eigenvalue weighted by Crippen LogP contribution is -2.53. The van der Waals surface area contributed by atoms with E-state index in [-0.39, 0.29) is 6.42 Å². The molecular weight excluding hydrogens is 477 g/mol. The Labute approximate surface area is 171 Å². The van der Waals surface area contributed by atoms with Gasteiger partial charge in [-0.05, 0) is 12.5 Å². The molecule has 0 unspecified atom stereocenters. The number of anilines is 1. The summed E-state index contributed by atoms with van der Waals surface area (Å²) in [6, 6.07) is -6.50. The van der Waals surface area contributed by atoms with Gasteiger partial charge in [-0.3, -0.25) is 0 Å². The van der Waals surface area contributed by atoms with Gasteiger partial charge in [0.1, 0.15) is 0 Å². The van der Waals surface area contributed by atoms with Gasteiger partial charge < -0.3 is 4.90 Å². The number of hydrogen-bond acceptors (Lipinski definition) is 1. The molecule has 2 aromatic rings. The second kappa shape index (κ2) is 8.70. The van der Waals surface area contributed by atoms with Crippen molar-refractivity contribution < 1.29 is 57.1 Å². The molecule has 0 heterocycles. The van der Waals surface area contributed by atoms with Gasteiger partial charge in [-0.2, -0.15) is 22.0 Å². The summed E-state index contributed by atoms with van der Waals surface area (Å²) >= 11 is 0. The Kier molecular flexibility index (Phi) is 6.95. The Balaban J connectivity index is 3.07. The Bertz CT molecular complexity index is 1030. The summed E-state index contributed by atoms with van der Waals surface area (Å²) in [5, 5.41) is 0. The third-order valence-corrected chi connectivity index (χ3v) is 4.30. The second-order valence-corrected chi connectivity index (χ2v) is 6.37. The molecule has 0 fully saturated rings. The SMILES string of the molecule is CCCCN(c1c(F)c(F)c(F)c(F)c1-c1cc(F)c(F)c(F)c1F)C(F)(F)C(F)(F)F. The first-order valence-electron chi connectivity index (χ1n) is 8.50. The van der Waals surface area contributed by atoms with Crippen molar-refractivity contribution in [3.63, 3.8) is 0 Å². The average Bonchev–Trinajstić information content (AvgIpc) is 2.70. The molecule has 2 aromatic carbocycles. The minimum atomic E-state index is -6.50. The van der Waals surface area contributed by atoms with E-state index in [1.165, 1.54) is 6.92 Å². The summed E-state index contributed by atoms with van der Waals surface area (Å²) in [5.74, 6) is -21.3. The van der Waals surface area contributed by atoms with Crippen LogP contribution in [0, 0.1) is 46.5 Å². The first-order valence-corrected chi connectivity index (χ1v) is 8.50. The lowest BCUT2D eigenvalue weighted by Gasteiger charge is -2.35. The van der Waals surface area contributed by atoms with E-state index in [2.05, 4.69) is 0 Å². The molecule has 0 amide bonds. The summed E-state index contributed by atoms with van der Waals surface area (Å²) in [4.78, 5) is -1.23. The van der Waals surface area contributed by atoms with Crippen molar-refractivity contribution in [2.24, 2.45) is 0 Å². The van der Waals surface area contributed by atoms with E-state index in [1.54, 1.807) is 0 Å². The van der Waals surface area contributed by atoms with E-state index in [1.807, 2.05) is 0 Å². The summed E-state index contributed by atoms with van der Waals surface area (Å²) in [6.45, 7) is -0.192. The van der Waals surface area contributed by atoms with Gasteiger partial charge in [0.2, 0.25) is 0 Å². The number of unbranched alkanes of at least 4 members (excludes halogenated alkanes) is 1. The maximum absolute atomic E-state index is 14.5. The molecular formula is C18H10F13N. The van der Waals surface area contributed by atoms with E-state index in [9.17, 15) is 57.1 Å². The van der Waals surface area contributed by atoms with Crippen LogP contribution < -0.4 is 4.90 Å². The molecule has 0 saturated carbocycles. The Hall–Kier alpha value is -2.67. The van der Waals surface area contributed by atoms with Gasteiger partial charge in [0.15, 0.2) is 46.5 Å². The predicted octanol–water partition coefficient (Wildman–Crippen LogP) is 7.23. The van der Waals surface area contributed by atoms with Crippen molar-refractivity contribution in [3.05, 3.63) is 52.6 Å². The first kappa shape index (κ1) is 25.6. The van der Waals surface area contributed by atoms with Crippen LogP contribution in [0.15, 0.2) is 6.07 Å². The van der Waals surface area contributed by atoms with Crippen molar-refractivity contribution in [1.29, 1.82) is 0 Å². The number of alkyl halides is 5. The summed E-state index contributed by atoms with van der Waals surface area (Å²) in [6.07, 6.45) is -7.20. The quantitative estimate of drug-likeness (QED) is 0.180. The summed E-state index contributed by atoms with van der Waals surface area (Å²) in [5.41, 5.74) is -6.55. The van der Waals surface area contributed by atoms with E-state index < -0.39 is 99.5 Å². The Morgan fingerprint density at radius 2 is 1.19 bits per heavy atom. The Morgan fingerprint density at radius 1 is 0.688 bits per heavy atom. The number of hydrogen-bond donors (Lipinski definition) is 0. The summed E-state index contributed by atoms with van der Waals surface area (Å²) < 4.78 is 178. The van der Waals surface area contributed by atoms with Crippen LogP contribution in [0.4, 0.5) is 62.8 Å². The molecule has 178 valence electrons. The maximum atomic E-state index is 14.5. The van der Waals surface area contributed by atoms with Crippen LogP contribution in [-0.2, 0) is 0 Å². The smallest absolute Gasteiger partial charge is 0.302 e. The lowest BCUT2D eigenvalue weighted by molar-refractivity contribution is -0.281. The molecule has 2 rings (SSSR count). The minimum absolute atomic E-state index is 0.123. The average molecular weight is 487 g/mol. The third kappa shape index (κ3) is 4.06. The van der Waals surface area contributed by atoms with Gasteiger partial charge >= 0.3 is 12.2 Å². The number of nitrogens with zero attached hydrogens (tertiary/aromatic N) is 1. The lowest BCUT2D eigenvalue weighted by atomic mass is 9.99. The van der Waals surface area contributed by atoms with Gasteiger partial charge in [0, 0.05) is 12.1 Å². The van der Waals surface area contributed by atoms with Crippen molar-refractivity contribution in [1.82, 2.24) is 0 Å². The zero-order valence-corrected chi connectivity index (χ0v) is 15.6. The Morgan fingerprint density at radius 3 is 1.69 bits per heavy atom. The monoisotopic (exact) mass is 487 g/mol. The molecule has 0 bridgehead atoms. The van der Waals surface area contributed by atoms with Crippen molar-refractivity contribution in [3.8, 4) is 11.1 Å². The molecule has 0 aliphatic heterocycles. The normalized spacial score (nSPS) is 12.4. The number of halogens is 13. The second-order valence-electron chi connectivity index (χ2n) is 6.37. The fourth-order valence-electron chi connectivity index (χ4n) is 2.74. The highest BCUT2D eigenvalue weighted by molar-refractivity contribution is 5.81. The predicted molar refractivity (Wildman–Crippen MR) is 84.8 cm³/mol. The standard InChI is InChI=1S/C18H10F13N/c1-2-3-4-32(18(30,31)17(27,28)29)16-8(11(22)13(24)14(25)15(16)26)6-5-7(19)10(21)12(23)9(6)20/h5H,2-4H2,1H3. The van der Waals surface area contributed by atoms with Crippen molar-refractivity contribution >= 4 is 5.69 Å². The van der Waals surface area contributed by atoms with Gasteiger partial charge in [0.25, 0.3) is 0 Å². The topological polar surface area (TPSA) is 3.24 Å². The van der Waals surface area contributed by atoms with Crippen LogP contribution >= 0.6 is 0 Å². The fourth-order valence-corrected chi connectivity index (χ4v) is 2.74. The van der Waals surface area contributed by atoms with Crippen LogP contribution in [0.2, 0.25) is 0 Å². The maximum Gasteiger partial charge on any atom is 0.475 e. The van der Waals surface area contributed by atoms with E-state index in [0.29, 0.717) is 0 Å². The minimum Gasteiger partial charge on any atom is -0.302 e. The molecule has 0 spiro atoms. The largest absolute Gasteiger partial charge is 0.475 e. The zero-order valence-electron chi connectivity index (χ0n) is 15.6. The fraction of sp³-hybridized carbons (Fsp3) is 0.333. The molecule has 0 N–H and O–H groups in total. The molecule has 0 saturated heterocycles. The van der Waals surface area contributed by atoms with Gasteiger partial charge in [-0.1, -0.05) is 13.3 Å². The molecule has 0 atom stereocenters. The molecule has 32 heavy (non-hydrogen) atoms. The van der Waals surface area contributed by atoms with Gasteiger partial charge in [0.05, 0.1) is 11.3 Å². The molecule has 0 radical (unpaired) electrons. The first-order chi connectivity index (χ1) is 14.6. The summed E-state index contributed by atoms with van der Waals surface area (Å²) in [7, 11) is 0. The molecule has 14 heteroatoms. The van der Waals surface area contributed by atoms with Crippen molar-refractivity contribution in [2.75, 3.05) is 11.4 Å². The number of benzene rings is 2. The molecule has 0 aliphatic rings. The van der Waals surface area contributed by atoms with Crippen LogP contribution in [0.3, 0.4) is 0 Å². The highest BCUT2D eigenvalue weighted by atomic mass is 19.4. The molecule has 0 aromatic heterocycles. The highest BCUT2D eigenvalue weighted by Crippen LogP contribution is 2.47. The van der Waals surface area contributed by atoms with E-state index in [4.69, 9.17) is 0 Å². The molecule has 0 aliphatic carbocycles.